The topological polar surface area (TPSA) is 65.4 Å². The molecule has 22 heavy (non-hydrogen) atoms. The highest BCUT2D eigenvalue weighted by Crippen LogP contribution is 2.30. The molecule has 0 saturated heterocycles. The number of aromatic nitrogens is 2. The van der Waals surface area contributed by atoms with Crippen LogP contribution in [0.1, 0.15) is 44.4 Å². The summed E-state index contributed by atoms with van der Waals surface area (Å²) >= 11 is 0. The van der Waals surface area contributed by atoms with Gasteiger partial charge in [-0.05, 0) is 44.4 Å². The van der Waals surface area contributed by atoms with Gasteiger partial charge < -0.3 is 4.57 Å². The third kappa shape index (κ3) is 3.18. The molecule has 0 spiro atoms. The zero-order chi connectivity index (χ0) is 16.4. The predicted octanol–water partition coefficient (Wildman–Crippen LogP) is 3.53. The summed E-state index contributed by atoms with van der Waals surface area (Å²) in [5.41, 5.74) is 1.75. The minimum absolute atomic E-state index is 0.592. The van der Waals surface area contributed by atoms with Crippen molar-refractivity contribution in [1.29, 1.82) is 10.5 Å². The second kappa shape index (κ2) is 5.66. The van der Waals surface area contributed by atoms with Crippen molar-refractivity contribution in [2.24, 2.45) is 0 Å². The van der Waals surface area contributed by atoms with Crippen LogP contribution in [0.2, 0.25) is 0 Å². The maximum absolute atomic E-state index is 9.42. The van der Waals surface area contributed by atoms with Crippen LogP contribution in [0.15, 0.2) is 36.9 Å². The summed E-state index contributed by atoms with van der Waals surface area (Å²) in [4.78, 5) is 4.05. The van der Waals surface area contributed by atoms with E-state index in [1.165, 1.54) is 0 Å². The molecule has 2 rings (SSSR count). The second-order valence-corrected chi connectivity index (χ2v) is 6.63. The van der Waals surface area contributed by atoms with E-state index in [1.54, 1.807) is 12.5 Å². The SMILES string of the molecule is CC(C)(C#N)c1cc(Cn2ccnc2)cc(C(C)(C)C#N)c1. The normalized spacial score (nSPS) is 11.7. The molecule has 1 heterocycles. The van der Waals surface area contributed by atoms with Gasteiger partial charge >= 0.3 is 0 Å². The summed E-state index contributed by atoms with van der Waals surface area (Å²) in [7, 11) is 0. The Morgan fingerprint density at radius 3 is 1.95 bits per heavy atom. The molecule has 112 valence electrons. The van der Waals surface area contributed by atoms with E-state index in [2.05, 4.69) is 17.1 Å². The molecule has 0 unspecified atom stereocenters. The molecule has 4 nitrogen and oxygen atoms in total. The maximum Gasteiger partial charge on any atom is 0.0949 e. The molecule has 0 fully saturated rings. The molecule has 0 aliphatic heterocycles. The summed E-state index contributed by atoms with van der Waals surface area (Å²) in [6.45, 7) is 8.25. The summed E-state index contributed by atoms with van der Waals surface area (Å²) < 4.78 is 1.97. The molecule has 0 bridgehead atoms. The van der Waals surface area contributed by atoms with Crippen LogP contribution in [0.3, 0.4) is 0 Å². The lowest BCUT2D eigenvalue weighted by Crippen LogP contribution is -2.19. The fourth-order valence-corrected chi connectivity index (χ4v) is 2.23. The standard InChI is InChI=1S/C18H20N4/c1-17(2,11-19)15-7-14(10-22-6-5-21-13-22)8-16(9-15)18(3,4)12-20/h5-9,13H,10H2,1-4H3. The van der Waals surface area contributed by atoms with E-state index in [0.717, 1.165) is 16.7 Å². The van der Waals surface area contributed by atoms with Crippen molar-refractivity contribution in [3.8, 4) is 12.1 Å². The Morgan fingerprint density at radius 1 is 1.00 bits per heavy atom. The van der Waals surface area contributed by atoms with Crippen molar-refractivity contribution in [1.82, 2.24) is 9.55 Å². The van der Waals surface area contributed by atoms with Gasteiger partial charge in [0.15, 0.2) is 0 Å². The van der Waals surface area contributed by atoms with Gasteiger partial charge in [-0.2, -0.15) is 10.5 Å². The average Bonchev–Trinajstić information content (AvgIpc) is 2.99. The molecule has 0 N–H and O–H groups in total. The van der Waals surface area contributed by atoms with Gasteiger partial charge in [-0.25, -0.2) is 4.98 Å². The molecule has 0 saturated carbocycles. The maximum atomic E-state index is 9.42. The Morgan fingerprint density at radius 2 is 1.55 bits per heavy atom. The number of nitriles is 2. The van der Waals surface area contributed by atoms with E-state index in [1.807, 2.05) is 56.7 Å². The molecule has 0 atom stereocenters. The largest absolute Gasteiger partial charge is 0.333 e. The zero-order valence-corrected chi connectivity index (χ0v) is 13.5. The number of hydrogen-bond donors (Lipinski definition) is 0. The highest BCUT2D eigenvalue weighted by molar-refractivity contribution is 5.42. The Balaban J connectivity index is 2.55. The number of imidazole rings is 1. The van der Waals surface area contributed by atoms with Crippen LogP contribution in [-0.4, -0.2) is 9.55 Å². The van der Waals surface area contributed by atoms with Crippen molar-refractivity contribution in [2.45, 2.75) is 45.1 Å². The lowest BCUT2D eigenvalue weighted by molar-refractivity contribution is 0.655. The Labute approximate surface area is 131 Å². The van der Waals surface area contributed by atoms with Crippen LogP contribution in [0, 0.1) is 22.7 Å². The number of hydrogen-bond acceptors (Lipinski definition) is 3. The van der Waals surface area contributed by atoms with Gasteiger partial charge in [0.2, 0.25) is 0 Å². The Kier molecular flexibility index (Phi) is 4.06. The summed E-state index contributed by atoms with van der Waals surface area (Å²) in [6.07, 6.45) is 5.40. The lowest BCUT2D eigenvalue weighted by atomic mass is 9.79. The minimum atomic E-state index is -0.592. The number of nitrogens with zero attached hydrogens (tertiary/aromatic N) is 4. The van der Waals surface area contributed by atoms with Crippen LogP contribution >= 0.6 is 0 Å². The first-order valence-electron chi connectivity index (χ1n) is 7.22. The molecular formula is C18H20N4. The summed E-state index contributed by atoms with van der Waals surface area (Å²) in [5.74, 6) is 0. The fraction of sp³-hybridized carbons (Fsp3) is 0.389. The van der Waals surface area contributed by atoms with Gasteiger partial charge in [0.1, 0.15) is 0 Å². The minimum Gasteiger partial charge on any atom is -0.333 e. The second-order valence-electron chi connectivity index (χ2n) is 6.63. The molecular weight excluding hydrogens is 272 g/mol. The van der Waals surface area contributed by atoms with Crippen molar-refractivity contribution in [3.05, 3.63) is 53.6 Å². The molecule has 4 heteroatoms. The smallest absolute Gasteiger partial charge is 0.0949 e. The summed E-state index contributed by atoms with van der Waals surface area (Å²) in [5, 5.41) is 18.8. The van der Waals surface area contributed by atoms with Gasteiger partial charge in [-0.1, -0.05) is 18.2 Å². The Hall–Kier alpha value is -2.59. The van der Waals surface area contributed by atoms with Crippen LogP contribution < -0.4 is 0 Å². The van der Waals surface area contributed by atoms with Gasteiger partial charge in [0.25, 0.3) is 0 Å². The molecule has 1 aromatic heterocycles. The highest BCUT2D eigenvalue weighted by Gasteiger charge is 2.26. The van der Waals surface area contributed by atoms with Gasteiger partial charge in [-0.15, -0.1) is 0 Å². The average molecular weight is 292 g/mol. The first kappa shape index (κ1) is 15.8. The predicted molar refractivity (Wildman–Crippen MR) is 85.0 cm³/mol. The number of benzene rings is 1. The van der Waals surface area contributed by atoms with Crippen molar-refractivity contribution >= 4 is 0 Å². The first-order chi connectivity index (χ1) is 10.3. The molecule has 0 aliphatic rings. The lowest BCUT2D eigenvalue weighted by Gasteiger charge is -2.23. The van der Waals surface area contributed by atoms with Crippen LogP contribution in [0.25, 0.3) is 0 Å². The Bertz CT molecular complexity index is 696. The highest BCUT2D eigenvalue weighted by atomic mass is 15.0. The summed E-state index contributed by atoms with van der Waals surface area (Å²) in [6, 6.07) is 10.7. The quantitative estimate of drug-likeness (QED) is 0.865. The molecule has 0 amide bonds. The van der Waals surface area contributed by atoms with E-state index in [0.29, 0.717) is 6.54 Å². The number of rotatable bonds is 4. The first-order valence-corrected chi connectivity index (χ1v) is 7.22. The fourth-order valence-electron chi connectivity index (χ4n) is 2.23. The van der Waals surface area contributed by atoms with E-state index in [-0.39, 0.29) is 0 Å². The van der Waals surface area contributed by atoms with Crippen LogP contribution in [0.4, 0.5) is 0 Å². The van der Waals surface area contributed by atoms with E-state index < -0.39 is 10.8 Å². The van der Waals surface area contributed by atoms with E-state index >= 15 is 0 Å². The molecule has 0 radical (unpaired) electrons. The molecule has 0 aliphatic carbocycles. The molecule has 1 aromatic carbocycles. The van der Waals surface area contributed by atoms with Crippen molar-refractivity contribution in [2.75, 3.05) is 0 Å². The monoisotopic (exact) mass is 292 g/mol. The van der Waals surface area contributed by atoms with Gasteiger partial charge in [-0.3, -0.25) is 0 Å². The van der Waals surface area contributed by atoms with Gasteiger partial charge in [0.05, 0.1) is 29.3 Å². The molecule has 2 aromatic rings. The van der Waals surface area contributed by atoms with E-state index in [9.17, 15) is 10.5 Å². The third-order valence-electron chi connectivity index (χ3n) is 3.92. The van der Waals surface area contributed by atoms with E-state index in [4.69, 9.17) is 0 Å². The van der Waals surface area contributed by atoms with Crippen molar-refractivity contribution in [3.63, 3.8) is 0 Å². The van der Waals surface area contributed by atoms with Gasteiger partial charge in [0, 0.05) is 18.9 Å². The van der Waals surface area contributed by atoms with Crippen molar-refractivity contribution < 1.29 is 0 Å². The zero-order valence-electron chi connectivity index (χ0n) is 13.5. The van der Waals surface area contributed by atoms with Crippen LogP contribution in [-0.2, 0) is 17.4 Å². The third-order valence-corrected chi connectivity index (χ3v) is 3.92. The van der Waals surface area contributed by atoms with Crippen LogP contribution in [0.5, 0.6) is 0 Å².